The summed E-state index contributed by atoms with van der Waals surface area (Å²) in [4.78, 5) is 0. The summed E-state index contributed by atoms with van der Waals surface area (Å²) < 4.78 is 0. The summed E-state index contributed by atoms with van der Waals surface area (Å²) in [7, 11) is 1.00. The van der Waals surface area contributed by atoms with Gasteiger partial charge in [-0.1, -0.05) is 139 Å². The Hall–Kier alpha value is 0.208. The Morgan fingerprint density at radius 2 is 0.577 bits per heavy atom. The van der Waals surface area contributed by atoms with Crippen LogP contribution in [0.15, 0.2) is 0 Å². The molecule has 0 radical (unpaired) electrons. The van der Waals surface area contributed by atoms with E-state index >= 15 is 0 Å². The largest absolute Gasteiger partial charge is 0.400 e. The first-order valence-corrected chi connectivity index (χ1v) is 11.0. The fourth-order valence-corrected chi connectivity index (χ4v) is 1.71. The zero-order chi connectivity index (χ0) is 21.2. The van der Waals surface area contributed by atoms with Gasteiger partial charge in [0.15, 0.2) is 0 Å². The van der Waals surface area contributed by atoms with Crippen molar-refractivity contribution in [2.45, 2.75) is 139 Å². The van der Waals surface area contributed by atoms with E-state index in [0.29, 0.717) is 0 Å². The minimum Gasteiger partial charge on any atom is -0.400 e. The molecule has 0 rings (SSSR count). The summed E-state index contributed by atoms with van der Waals surface area (Å²) in [6.45, 7) is 17.3. The molecule has 2 heteroatoms. The van der Waals surface area contributed by atoms with Crippen LogP contribution in [0, 0.1) is 12.8 Å². The van der Waals surface area contributed by atoms with Crippen LogP contribution in [0.3, 0.4) is 0 Å². The van der Waals surface area contributed by atoms with E-state index in [1.165, 1.54) is 83.5 Å². The molecule has 0 spiro atoms. The standard InChI is InChI=1S/C10H22.C6H14.C3H8.C2H6.C2H2.CH4O.W/c1-3-5-7-9-10-8-6-4-2;1-3-5-6-4-2;1-3-2;3*1-2;/h3-10H2,1-2H3;3-6H2,1-2H3;3H2,1-2H3;1-2H3;1-2H;2H,1H3;. The number of hydrogen-bond acceptors (Lipinski definition) is 1. The van der Waals surface area contributed by atoms with Gasteiger partial charge in [0.05, 0.1) is 0 Å². The van der Waals surface area contributed by atoms with Gasteiger partial charge in [0.25, 0.3) is 0 Å². The minimum atomic E-state index is 0. The maximum atomic E-state index is 7.00. The van der Waals surface area contributed by atoms with Gasteiger partial charge < -0.3 is 5.11 Å². The molecule has 0 aliphatic rings. The van der Waals surface area contributed by atoms with E-state index in [1.807, 2.05) is 13.8 Å². The van der Waals surface area contributed by atoms with Gasteiger partial charge in [-0.3, -0.25) is 0 Å². The van der Waals surface area contributed by atoms with E-state index in [1.54, 1.807) is 0 Å². The van der Waals surface area contributed by atoms with Gasteiger partial charge in [-0.15, -0.1) is 12.8 Å². The van der Waals surface area contributed by atoms with E-state index in [9.17, 15) is 0 Å². The SMILES string of the molecule is C#C.CC.CCC.CCCCCC.CCCCCCCCCC.CO.[W]. The number of aliphatic hydroxyl groups excluding tert-OH is 1. The Kier molecular flexibility index (Phi) is 147. The van der Waals surface area contributed by atoms with Crippen LogP contribution in [0.25, 0.3) is 0 Å². The van der Waals surface area contributed by atoms with Crippen molar-refractivity contribution < 1.29 is 26.2 Å². The van der Waals surface area contributed by atoms with Crippen LogP contribution in [0.1, 0.15) is 139 Å². The van der Waals surface area contributed by atoms with Crippen LogP contribution in [-0.4, -0.2) is 12.2 Å². The predicted octanol–water partition coefficient (Wildman–Crippen LogP) is 9.03. The second kappa shape index (κ2) is 84.7. The molecule has 0 aromatic heterocycles. The third kappa shape index (κ3) is 125. The Bertz CT molecular complexity index is 123. The molecule has 0 aliphatic heterocycles. The Morgan fingerprint density at radius 1 is 0.462 bits per heavy atom. The monoisotopic (exact) mass is 544 g/mol. The number of rotatable bonds is 10. The normalized spacial score (nSPS) is 7.23. The van der Waals surface area contributed by atoms with Crippen LogP contribution >= 0.6 is 0 Å². The van der Waals surface area contributed by atoms with Crippen molar-refractivity contribution in [3.05, 3.63) is 0 Å². The molecular formula is C24H56OW. The first-order chi connectivity index (χ1) is 12.2. The molecule has 1 N–H and O–H groups in total. The molecule has 1 nitrogen and oxygen atoms in total. The predicted molar refractivity (Wildman–Crippen MR) is 123 cm³/mol. The maximum absolute atomic E-state index is 7.00. The number of aliphatic hydroxyl groups is 1. The van der Waals surface area contributed by atoms with E-state index < -0.39 is 0 Å². The van der Waals surface area contributed by atoms with Crippen LogP contribution in [0.2, 0.25) is 0 Å². The number of terminal acetylenes is 1. The average molecular weight is 545 g/mol. The van der Waals surface area contributed by atoms with Crippen molar-refractivity contribution in [3.8, 4) is 12.8 Å². The molecule has 0 aromatic rings. The molecule has 0 fully saturated rings. The quantitative estimate of drug-likeness (QED) is 0.215. The maximum Gasteiger partial charge on any atom is 0.0319 e. The van der Waals surface area contributed by atoms with Crippen molar-refractivity contribution in [2.24, 2.45) is 0 Å². The number of unbranched alkanes of at least 4 members (excludes halogenated alkanes) is 10. The summed E-state index contributed by atoms with van der Waals surface area (Å²) >= 11 is 0. The molecule has 0 unspecified atom stereocenters. The first kappa shape index (κ1) is 45.1. The molecule has 0 amide bonds. The van der Waals surface area contributed by atoms with Crippen molar-refractivity contribution >= 4 is 0 Å². The van der Waals surface area contributed by atoms with Crippen LogP contribution in [-0.2, 0) is 21.1 Å². The third-order valence-corrected chi connectivity index (χ3v) is 2.91. The molecule has 0 saturated carbocycles. The molecule has 0 atom stereocenters. The first-order valence-electron chi connectivity index (χ1n) is 11.0. The van der Waals surface area contributed by atoms with Crippen molar-refractivity contribution in [1.29, 1.82) is 0 Å². The van der Waals surface area contributed by atoms with Crippen LogP contribution < -0.4 is 0 Å². The van der Waals surface area contributed by atoms with Crippen molar-refractivity contribution in [1.82, 2.24) is 0 Å². The van der Waals surface area contributed by atoms with Gasteiger partial charge >= 0.3 is 0 Å². The fraction of sp³-hybridized carbons (Fsp3) is 0.917. The molecule has 0 heterocycles. The topological polar surface area (TPSA) is 20.2 Å². The summed E-state index contributed by atoms with van der Waals surface area (Å²) in [5, 5.41) is 7.00. The van der Waals surface area contributed by atoms with E-state index in [2.05, 4.69) is 54.4 Å². The molecule has 0 aromatic carbocycles. The van der Waals surface area contributed by atoms with Gasteiger partial charge in [0.2, 0.25) is 0 Å². The van der Waals surface area contributed by atoms with Crippen molar-refractivity contribution in [2.75, 3.05) is 7.11 Å². The Balaban J connectivity index is -0.0000000389. The summed E-state index contributed by atoms with van der Waals surface area (Å²) in [6.07, 6.45) is 26.2. The van der Waals surface area contributed by atoms with Crippen LogP contribution in [0.5, 0.6) is 0 Å². The zero-order valence-corrected chi connectivity index (χ0v) is 23.1. The Morgan fingerprint density at radius 3 is 0.731 bits per heavy atom. The van der Waals surface area contributed by atoms with Crippen LogP contribution in [0.4, 0.5) is 0 Å². The van der Waals surface area contributed by atoms with Gasteiger partial charge in [-0.05, 0) is 0 Å². The summed E-state index contributed by atoms with van der Waals surface area (Å²) in [6, 6.07) is 0. The van der Waals surface area contributed by atoms with Crippen molar-refractivity contribution in [3.63, 3.8) is 0 Å². The minimum absolute atomic E-state index is 0. The molecule has 0 aliphatic carbocycles. The van der Waals surface area contributed by atoms with E-state index in [4.69, 9.17) is 5.11 Å². The van der Waals surface area contributed by atoms with Gasteiger partial charge in [-0.2, -0.15) is 0 Å². The smallest absolute Gasteiger partial charge is 0.0319 e. The average Bonchev–Trinajstić information content (AvgIpc) is 2.69. The second-order valence-corrected chi connectivity index (χ2v) is 5.54. The van der Waals surface area contributed by atoms with E-state index in [0.717, 1.165) is 7.11 Å². The fourth-order valence-electron chi connectivity index (χ4n) is 1.71. The molecular weight excluding hydrogens is 488 g/mol. The second-order valence-electron chi connectivity index (χ2n) is 5.54. The van der Waals surface area contributed by atoms with Gasteiger partial charge in [0, 0.05) is 28.2 Å². The van der Waals surface area contributed by atoms with Gasteiger partial charge in [-0.25, -0.2) is 0 Å². The molecule has 26 heavy (non-hydrogen) atoms. The van der Waals surface area contributed by atoms with Gasteiger partial charge in [0.1, 0.15) is 0 Å². The third-order valence-electron chi connectivity index (χ3n) is 2.91. The summed E-state index contributed by atoms with van der Waals surface area (Å²) in [5.41, 5.74) is 0. The molecule has 0 bridgehead atoms. The zero-order valence-electron chi connectivity index (χ0n) is 20.2. The summed E-state index contributed by atoms with van der Waals surface area (Å²) in [5.74, 6) is 0. The Labute approximate surface area is 184 Å². The molecule has 0 saturated heterocycles. The number of hydrogen-bond donors (Lipinski definition) is 1. The van der Waals surface area contributed by atoms with E-state index in [-0.39, 0.29) is 21.1 Å². The molecule has 164 valence electrons.